The van der Waals surface area contributed by atoms with Crippen LogP contribution in [0.5, 0.6) is 11.5 Å². The van der Waals surface area contributed by atoms with E-state index in [9.17, 15) is 20.2 Å². The molecule has 0 bridgehead atoms. The van der Waals surface area contributed by atoms with Crippen LogP contribution < -0.4 is 14.8 Å². The molecule has 3 aromatic rings. The van der Waals surface area contributed by atoms with E-state index in [2.05, 4.69) is 5.32 Å². The van der Waals surface area contributed by atoms with Gasteiger partial charge in [0, 0.05) is 30.3 Å². The lowest BCUT2D eigenvalue weighted by Gasteiger charge is -2.10. The summed E-state index contributed by atoms with van der Waals surface area (Å²) < 4.78 is 16.1. The molecule has 0 radical (unpaired) electrons. The zero-order valence-electron chi connectivity index (χ0n) is 18.0. The Morgan fingerprint density at radius 1 is 1.15 bits per heavy atom. The minimum atomic E-state index is -0.536. The number of carbonyl (C=O) groups excluding carboxylic acids is 1. The maximum Gasteiger partial charge on any atom is 0.270 e. The third-order valence-corrected chi connectivity index (χ3v) is 4.77. The molecule has 1 aromatic heterocycles. The molecule has 0 spiro atoms. The van der Waals surface area contributed by atoms with Gasteiger partial charge in [-0.3, -0.25) is 14.9 Å². The number of hydrogen-bond acceptors (Lipinski definition) is 7. The Bertz CT molecular complexity index is 1240. The maximum absolute atomic E-state index is 12.4. The van der Waals surface area contributed by atoms with Gasteiger partial charge in [0.15, 0.2) is 11.5 Å². The first-order valence-electron chi connectivity index (χ1n) is 9.90. The lowest BCUT2D eigenvalue weighted by Crippen LogP contribution is -2.26. The molecule has 0 aliphatic rings. The van der Waals surface area contributed by atoms with Crippen molar-refractivity contribution in [2.24, 2.45) is 0 Å². The standard InChI is InChI=1S/C24H21N3O6/c1-31-22-8-6-16(12-23(22)32-2)10-11-26-24(28)18(15-25)14-20-7-9-21(33-20)17-4-3-5-19(13-17)27(29)30/h3-9,12-14H,10-11H2,1-2H3,(H,26,28)/b18-14+. The summed E-state index contributed by atoms with van der Waals surface area (Å²) in [6, 6.07) is 16.5. The van der Waals surface area contributed by atoms with Crippen molar-refractivity contribution < 1.29 is 23.6 Å². The SMILES string of the molecule is COc1ccc(CCNC(=O)/C(C#N)=C/c2ccc(-c3cccc([N+](=O)[O-])c3)o2)cc1OC. The summed E-state index contributed by atoms with van der Waals surface area (Å²) in [5.41, 5.74) is 1.26. The second-order valence-electron chi connectivity index (χ2n) is 6.87. The molecule has 1 heterocycles. The number of nitrogens with zero attached hydrogens (tertiary/aromatic N) is 2. The number of nitriles is 1. The molecule has 0 saturated heterocycles. The third-order valence-electron chi connectivity index (χ3n) is 4.77. The molecule has 0 atom stereocenters. The molecule has 33 heavy (non-hydrogen) atoms. The molecule has 1 amide bonds. The number of furan rings is 1. The number of nitrogens with one attached hydrogen (secondary N) is 1. The molecule has 0 fully saturated rings. The van der Waals surface area contributed by atoms with Gasteiger partial charge in [-0.1, -0.05) is 18.2 Å². The van der Waals surface area contributed by atoms with Gasteiger partial charge < -0.3 is 19.2 Å². The summed E-state index contributed by atoms with van der Waals surface area (Å²) in [7, 11) is 3.10. The van der Waals surface area contributed by atoms with Gasteiger partial charge in [0.2, 0.25) is 0 Å². The molecule has 1 N–H and O–H groups in total. The zero-order chi connectivity index (χ0) is 23.8. The lowest BCUT2D eigenvalue weighted by atomic mass is 10.1. The monoisotopic (exact) mass is 447 g/mol. The van der Waals surface area contributed by atoms with Crippen LogP contribution in [0.25, 0.3) is 17.4 Å². The molecule has 9 nitrogen and oxygen atoms in total. The van der Waals surface area contributed by atoms with Crippen molar-refractivity contribution in [1.29, 1.82) is 5.26 Å². The van der Waals surface area contributed by atoms with Crippen molar-refractivity contribution in [3.05, 3.63) is 81.6 Å². The van der Waals surface area contributed by atoms with Crippen molar-refractivity contribution in [3.63, 3.8) is 0 Å². The predicted octanol–water partition coefficient (Wildman–Crippen LogP) is 4.14. The van der Waals surface area contributed by atoms with Crippen molar-refractivity contribution in [1.82, 2.24) is 5.32 Å². The first-order chi connectivity index (χ1) is 15.9. The van der Waals surface area contributed by atoms with Crippen LogP contribution in [0.4, 0.5) is 5.69 Å². The first kappa shape index (κ1) is 23.1. The highest BCUT2D eigenvalue weighted by Crippen LogP contribution is 2.28. The van der Waals surface area contributed by atoms with Gasteiger partial charge in [-0.15, -0.1) is 0 Å². The van der Waals surface area contributed by atoms with Crippen LogP contribution in [0.3, 0.4) is 0 Å². The summed E-state index contributed by atoms with van der Waals surface area (Å²) in [6.07, 6.45) is 1.86. The molecule has 3 rings (SSSR count). The van der Waals surface area contributed by atoms with E-state index in [0.29, 0.717) is 35.8 Å². The Hall–Kier alpha value is -4.58. The van der Waals surface area contributed by atoms with E-state index < -0.39 is 10.8 Å². The summed E-state index contributed by atoms with van der Waals surface area (Å²) >= 11 is 0. The van der Waals surface area contributed by atoms with Gasteiger partial charge in [-0.25, -0.2) is 0 Å². The van der Waals surface area contributed by atoms with Crippen LogP contribution in [0.2, 0.25) is 0 Å². The van der Waals surface area contributed by atoms with E-state index in [-0.39, 0.29) is 17.0 Å². The fourth-order valence-corrected chi connectivity index (χ4v) is 3.10. The smallest absolute Gasteiger partial charge is 0.270 e. The van der Waals surface area contributed by atoms with Gasteiger partial charge in [0.05, 0.1) is 19.1 Å². The highest BCUT2D eigenvalue weighted by molar-refractivity contribution is 6.01. The van der Waals surface area contributed by atoms with E-state index in [4.69, 9.17) is 13.9 Å². The van der Waals surface area contributed by atoms with Crippen LogP contribution in [0, 0.1) is 21.4 Å². The molecule has 0 aliphatic carbocycles. The van der Waals surface area contributed by atoms with Crippen molar-refractivity contribution in [2.75, 3.05) is 20.8 Å². The number of rotatable bonds is 9. The van der Waals surface area contributed by atoms with Crippen molar-refractivity contribution >= 4 is 17.7 Å². The fourth-order valence-electron chi connectivity index (χ4n) is 3.10. The molecule has 0 saturated carbocycles. The average molecular weight is 447 g/mol. The van der Waals surface area contributed by atoms with E-state index in [1.54, 1.807) is 44.6 Å². The number of ether oxygens (including phenoxy) is 2. The summed E-state index contributed by atoms with van der Waals surface area (Å²) in [5, 5.41) is 23.1. The molecule has 0 unspecified atom stereocenters. The van der Waals surface area contributed by atoms with Crippen LogP contribution >= 0.6 is 0 Å². The van der Waals surface area contributed by atoms with E-state index in [1.807, 2.05) is 18.2 Å². The Morgan fingerprint density at radius 3 is 2.64 bits per heavy atom. The summed E-state index contributed by atoms with van der Waals surface area (Å²) in [6.45, 7) is 0.310. The number of methoxy groups -OCH3 is 2. The highest BCUT2D eigenvalue weighted by Gasteiger charge is 2.13. The van der Waals surface area contributed by atoms with Crippen LogP contribution in [0.1, 0.15) is 11.3 Å². The maximum atomic E-state index is 12.4. The zero-order valence-corrected chi connectivity index (χ0v) is 18.0. The van der Waals surface area contributed by atoms with Crippen molar-refractivity contribution in [3.8, 4) is 28.9 Å². The van der Waals surface area contributed by atoms with Gasteiger partial charge in [-0.05, 0) is 36.2 Å². The predicted molar refractivity (Wildman–Crippen MR) is 121 cm³/mol. The lowest BCUT2D eigenvalue weighted by molar-refractivity contribution is -0.384. The van der Waals surface area contributed by atoms with Crippen LogP contribution in [-0.2, 0) is 11.2 Å². The Labute approximate surface area is 190 Å². The third kappa shape index (κ3) is 5.77. The largest absolute Gasteiger partial charge is 0.493 e. The second kappa shape index (κ2) is 10.6. The number of benzene rings is 2. The Morgan fingerprint density at radius 2 is 1.94 bits per heavy atom. The van der Waals surface area contributed by atoms with Gasteiger partial charge in [-0.2, -0.15) is 5.26 Å². The molecular weight excluding hydrogens is 426 g/mol. The number of carbonyl (C=O) groups is 1. The average Bonchev–Trinajstić information content (AvgIpc) is 3.31. The second-order valence-corrected chi connectivity index (χ2v) is 6.87. The number of nitro groups is 1. The van der Waals surface area contributed by atoms with Gasteiger partial charge in [0.25, 0.3) is 11.6 Å². The van der Waals surface area contributed by atoms with E-state index >= 15 is 0 Å². The minimum absolute atomic E-state index is 0.0624. The number of amides is 1. The van der Waals surface area contributed by atoms with E-state index in [1.165, 1.54) is 18.2 Å². The number of hydrogen-bond donors (Lipinski definition) is 1. The fraction of sp³-hybridized carbons (Fsp3) is 0.167. The topological polar surface area (TPSA) is 128 Å². The number of non-ortho nitro benzene ring substituents is 1. The molecule has 0 aliphatic heterocycles. The quantitative estimate of drug-likeness (QED) is 0.226. The number of nitro benzene ring substituents is 1. The van der Waals surface area contributed by atoms with E-state index in [0.717, 1.165) is 5.56 Å². The minimum Gasteiger partial charge on any atom is -0.493 e. The van der Waals surface area contributed by atoms with Crippen LogP contribution in [0.15, 0.2) is 64.6 Å². The van der Waals surface area contributed by atoms with Gasteiger partial charge in [0.1, 0.15) is 23.2 Å². The van der Waals surface area contributed by atoms with Gasteiger partial charge >= 0.3 is 0 Å². The molecule has 2 aromatic carbocycles. The van der Waals surface area contributed by atoms with Crippen molar-refractivity contribution in [2.45, 2.75) is 6.42 Å². The molecular formula is C24H21N3O6. The Balaban J connectivity index is 1.65. The normalized spacial score (nSPS) is 10.9. The summed E-state index contributed by atoms with van der Waals surface area (Å²) in [4.78, 5) is 22.9. The van der Waals surface area contributed by atoms with Crippen LogP contribution in [-0.4, -0.2) is 31.6 Å². The molecule has 9 heteroatoms. The molecule has 168 valence electrons. The summed E-state index contributed by atoms with van der Waals surface area (Å²) in [5.74, 6) is 1.34. The highest BCUT2D eigenvalue weighted by atomic mass is 16.6. The first-order valence-corrected chi connectivity index (χ1v) is 9.90. The Kier molecular flexibility index (Phi) is 7.44.